The van der Waals surface area contributed by atoms with E-state index in [1.807, 2.05) is 31.3 Å². The summed E-state index contributed by atoms with van der Waals surface area (Å²) < 4.78 is 5.33. The Morgan fingerprint density at radius 3 is 2.48 bits per heavy atom. The number of carbonyl (C=O) groups is 1. The molecule has 134 valence electrons. The molecule has 1 aliphatic carbocycles. The molecule has 0 radical (unpaired) electrons. The van der Waals surface area contributed by atoms with Crippen LogP contribution in [0.3, 0.4) is 0 Å². The molecule has 1 N–H and O–H groups in total. The minimum atomic E-state index is -0.138. The molecule has 1 heterocycles. The molecule has 6 heteroatoms. The third-order valence-corrected chi connectivity index (χ3v) is 4.10. The first-order valence-electron chi connectivity index (χ1n) is 8.72. The summed E-state index contributed by atoms with van der Waals surface area (Å²) in [7, 11) is 2.01. The Balaban J connectivity index is 1.54. The summed E-state index contributed by atoms with van der Waals surface area (Å²) in [6.45, 7) is 7.52. The van der Waals surface area contributed by atoms with Gasteiger partial charge < -0.3 is 9.84 Å². The van der Waals surface area contributed by atoms with E-state index in [0.717, 1.165) is 24.9 Å². The number of amides is 1. The summed E-state index contributed by atoms with van der Waals surface area (Å²) in [6, 6.07) is 8.13. The van der Waals surface area contributed by atoms with E-state index in [0.29, 0.717) is 29.9 Å². The highest BCUT2D eigenvalue weighted by Gasteiger charge is 2.24. The van der Waals surface area contributed by atoms with Crippen LogP contribution in [0.1, 0.15) is 61.2 Å². The van der Waals surface area contributed by atoms with Gasteiger partial charge in [-0.25, -0.2) is 0 Å². The van der Waals surface area contributed by atoms with Crippen molar-refractivity contribution in [2.45, 2.75) is 58.2 Å². The second kappa shape index (κ2) is 6.96. The van der Waals surface area contributed by atoms with Crippen LogP contribution in [0.2, 0.25) is 0 Å². The van der Waals surface area contributed by atoms with Gasteiger partial charge in [0.15, 0.2) is 5.82 Å². The van der Waals surface area contributed by atoms with E-state index in [-0.39, 0.29) is 11.3 Å². The van der Waals surface area contributed by atoms with Crippen molar-refractivity contribution < 1.29 is 9.32 Å². The molecule has 0 atom stereocenters. The van der Waals surface area contributed by atoms with Gasteiger partial charge in [-0.15, -0.1) is 0 Å². The first-order valence-corrected chi connectivity index (χ1v) is 8.72. The summed E-state index contributed by atoms with van der Waals surface area (Å²) >= 11 is 0. The lowest BCUT2D eigenvalue weighted by Crippen LogP contribution is -2.25. The fraction of sp³-hybridized carbons (Fsp3) is 0.526. The average Bonchev–Trinajstić information content (AvgIpc) is 3.21. The molecule has 1 aromatic heterocycles. The van der Waals surface area contributed by atoms with Crippen molar-refractivity contribution in [3.05, 3.63) is 47.1 Å². The number of rotatable bonds is 6. The van der Waals surface area contributed by atoms with E-state index < -0.39 is 0 Å². The van der Waals surface area contributed by atoms with Gasteiger partial charge in [-0.05, 0) is 37.6 Å². The SMILES string of the molecule is CN(Cc1ccc(C(=O)NC2CC2)cc1)Cc1noc(C(C)(C)C)n1. The van der Waals surface area contributed by atoms with E-state index in [1.54, 1.807) is 0 Å². The van der Waals surface area contributed by atoms with Crippen molar-refractivity contribution in [1.29, 1.82) is 0 Å². The monoisotopic (exact) mass is 342 g/mol. The summed E-state index contributed by atoms with van der Waals surface area (Å²) in [6.07, 6.45) is 2.20. The molecule has 1 amide bonds. The number of hydrogen-bond donors (Lipinski definition) is 1. The van der Waals surface area contributed by atoms with Gasteiger partial charge in [-0.1, -0.05) is 38.1 Å². The van der Waals surface area contributed by atoms with Gasteiger partial charge in [0.05, 0.1) is 6.54 Å². The average molecular weight is 342 g/mol. The van der Waals surface area contributed by atoms with Crippen LogP contribution in [0.25, 0.3) is 0 Å². The first kappa shape index (κ1) is 17.6. The molecule has 0 bridgehead atoms. The maximum absolute atomic E-state index is 12.0. The van der Waals surface area contributed by atoms with Crippen LogP contribution < -0.4 is 5.32 Å². The summed E-state index contributed by atoms with van der Waals surface area (Å²) in [5, 5.41) is 7.06. The van der Waals surface area contributed by atoms with Gasteiger partial charge in [0.2, 0.25) is 5.89 Å². The lowest BCUT2D eigenvalue weighted by Gasteiger charge is -2.15. The Kier molecular flexibility index (Phi) is 4.90. The van der Waals surface area contributed by atoms with Gasteiger partial charge in [-0.3, -0.25) is 9.69 Å². The van der Waals surface area contributed by atoms with Crippen LogP contribution in [0.4, 0.5) is 0 Å². The summed E-state index contributed by atoms with van der Waals surface area (Å²) in [5.41, 5.74) is 1.72. The third-order valence-electron chi connectivity index (χ3n) is 4.10. The summed E-state index contributed by atoms with van der Waals surface area (Å²) in [4.78, 5) is 18.6. The van der Waals surface area contributed by atoms with Crippen molar-refractivity contribution in [2.24, 2.45) is 0 Å². The molecule has 2 aromatic rings. The minimum absolute atomic E-state index is 0.0175. The van der Waals surface area contributed by atoms with E-state index in [2.05, 4.69) is 41.1 Å². The molecule has 1 fully saturated rings. The number of benzene rings is 1. The molecule has 6 nitrogen and oxygen atoms in total. The highest BCUT2D eigenvalue weighted by Crippen LogP contribution is 2.21. The van der Waals surface area contributed by atoms with E-state index in [1.165, 1.54) is 0 Å². The molecule has 0 aliphatic heterocycles. The quantitative estimate of drug-likeness (QED) is 0.874. The van der Waals surface area contributed by atoms with Gasteiger partial charge in [0, 0.05) is 23.6 Å². The Hall–Kier alpha value is -2.21. The van der Waals surface area contributed by atoms with Crippen LogP contribution >= 0.6 is 0 Å². The zero-order valence-corrected chi connectivity index (χ0v) is 15.4. The number of nitrogens with one attached hydrogen (secondary N) is 1. The van der Waals surface area contributed by atoms with Crippen LogP contribution in [-0.4, -0.2) is 34.0 Å². The number of carbonyl (C=O) groups excluding carboxylic acids is 1. The number of nitrogens with zero attached hydrogens (tertiary/aromatic N) is 3. The predicted molar refractivity (Wildman–Crippen MR) is 95.1 cm³/mol. The van der Waals surface area contributed by atoms with Crippen molar-refractivity contribution in [3.8, 4) is 0 Å². The van der Waals surface area contributed by atoms with E-state index in [9.17, 15) is 4.79 Å². The molecule has 25 heavy (non-hydrogen) atoms. The second-order valence-corrected chi connectivity index (χ2v) is 7.88. The Morgan fingerprint density at radius 1 is 1.24 bits per heavy atom. The largest absolute Gasteiger partial charge is 0.349 e. The highest BCUT2D eigenvalue weighted by atomic mass is 16.5. The maximum Gasteiger partial charge on any atom is 0.251 e. The van der Waals surface area contributed by atoms with Gasteiger partial charge in [0.25, 0.3) is 5.91 Å². The zero-order valence-electron chi connectivity index (χ0n) is 15.4. The fourth-order valence-electron chi connectivity index (χ4n) is 2.49. The molecule has 1 aromatic carbocycles. The van der Waals surface area contributed by atoms with Gasteiger partial charge in [0.1, 0.15) is 0 Å². The minimum Gasteiger partial charge on any atom is -0.349 e. The molecule has 1 saturated carbocycles. The standard InChI is InChI=1S/C19H26N4O2/c1-19(2,3)18-21-16(22-25-18)12-23(4)11-13-5-7-14(8-6-13)17(24)20-15-9-10-15/h5-8,15H,9-12H2,1-4H3,(H,20,24). The topological polar surface area (TPSA) is 71.3 Å². The Bertz CT molecular complexity index is 727. The van der Waals surface area contributed by atoms with Crippen molar-refractivity contribution in [1.82, 2.24) is 20.4 Å². The Labute approximate surface area is 148 Å². The predicted octanol–water partition coefficient (Wildman–Crippen LogP) is 2.89. The lowest BCUT2D eigenvalue weighted by molar-refractivity contribution is 0.0951. The van der Waals surface area contributed by atoms with Crippen LogP contribution in [-0.2, 0) is 18.5 Å². The first-order chi connectivity index (χ1) is 11.8. The van der Waals surface area contributed by atoms with Crippen molar-refractivity contribution in [3.63, 3.8) is 0 Å². The second-order valence-electron chi connectivity index (χ2n) is 7.88. The third kappa shape index (κ3) is 4.89. The Morgan fingerprint density at radius 2 is 1.92 bits per heavy atom. The normalized spacial score (nSPS) is 14.8. The van der Waals surface area contributed by atoms with Gasteiger partial charge in [-0.2, -0.15) is 4.98 Å². The van der Waals surface area contributed by atoms with Crippen molar-refractivity contribution >= 4 is 5.91 Å². The highest BCUT2D eigenvalue weighted by molar-refractivity contribution is 5.94. The van der Waals surface area contributed by atoms with Gasteiger partial charge >= 0.3 is 0 Å². The molecule has 0 saturated heterocycles. The molecular weight excluding hydrogens is 316 g/mol. The van der Waals surface area contributed by atoms with E-state index in [4.69, 9.17) is 4.52 Å². The van der Waals surface area contributed by atoms with Crippen LogP contribution in [0.15, 0.2) is 28.8 Å². The molecule has 0 spiro atoms. The van der Waals surface area contributed by atoms with Crippen LogP contribution in [0, 0.1) is 0 Å². The van der Waals surface area contributed by atoms with Crippen molar-refractivity contribution in [2.75, 3.05) is 7.05 Å². The molecular formula is C19H26N4O2. The summed E-state index contributed by atoms with van der Waals surface area (Å²) in [5.74, 6) is 1.36. The smallest absolute Gasteiger partial charge is 0.251 e. The zero-order chi connectivity index (χ0) is 18.0. The molecule has 3 rings (SSSR count). The van der Waals surface area contributed by atoms with Crippen LogP contribution in [0.5, 0.6) is 0 Å². The number of hydrogen-bond acceptors (Lipinski definition) is 5. The molecule has 0 unspecified atom stereocenters. The lowest BCUT2D eigenvalue weighted by atomic mass is 9.97. The maximum atomic E-state index is 12.0. The molecule has 1 aliphatic rings. The van der Waals surface area contributed by atoms with E-state index >= 15 is 0 Å². The fourth-order valence-corrected chi connectivity index (χ4v) is 2.49. The number of aromatic nitrogens is 2.